The Balaban J connectivity index is 2.11. The van der Waals surface area contributed by atoms with Crippen LogP contribution in [-0.4, -0.2) is 30.7 Å². The quantitative estimate of drug-likeness (QED) is 0.709. The van der Waals surface area contributed by atoms with E-state index in [0.717, 1.165) is 23.2 Å². The molecule has 1 saturated heterocycles. The van der Waals surface area contributed by atoms with E-state index >= 15 is 0 Å². The van der Waals surface area contributed by atoms with Crippen LogP contribution in [0.25, 0.3) is 0 Å². The third kappa shape index (κ3) is 4.65. The zero-order valence-electron chi connectivity index (χ0n) is 16.6. The Kier molecular flexibility index (Phi) is 6.00. The predicted molar refractivity (Wildman–Crippen MR) is 101 cm³/mol. The number of carbonyl (C=O) groups is 1. The number of hydrogen-bond donors (Lipinski definition) is 0. The average molecular weight is 346 g/mol. The molecule has 0 atom stereocenters. The van der Waals surface area contributed by atoms with Gasteiger partial charge in [-0.2, -0.15) is 0 Å². The zero-order valence-corrected chi connectivity index (χ0v) is 16.6. The monoisotopic (exact) mass is 346 g/mol. The van der Waals surface area contributed by atoms with Gasteiger partial charge in [0.1, 0.15) is 12.4 Å². The van der Waals surface area contributed by atoms with E-state index < -0.39 is 0 Å². The summed E-state index contributed by atoms with van der Waals surface area (Å²) in [4.78, 5) is 11.9. The number of Topliss-reactive ketones (excluding diaryl/α,β-unsaturated/α-hetero) is 1. The Hall–Kier alpha value is -1.33. The van der Waals surface area contributed by atoms with Gasteiger partial charge in [0, 0.05) is 6.42 Å². The fourth-order valence-electron chi connectivity index (χ4n) is 2.81. The molecule has 0 aliphatic carbocycles. The lowest BCUT2D eigenvalue weighted by atomic mass is 9.78. The molecule has 0 bridgehead atoms. The lowest BCUT2D eigenvalue weighted by molar-refractivity contribution is -0.121. The van der Waals surface area contributed by atoms with Gasteiger partial charge in [-0.1, -0.05) is 32.9 Å². The third-order valence-electron chi connectivity index (χ3n) is 5.02. The van der Waals surface area contributed by atoms with Crippen molar-refractivity contribution in [2.24, 2.45) is 5.92 Å². The minimum absolute atomic E-state index is 0.126. The van der Waals surface area contributed by atoms with Gasteiger partial charge in [-0.15, -0.1) is 0 Å². The summed E-state index contributed by atoms with van der Waals surface area (Å²) in [6, 6.07) is 5.94. The Bertz CT molecular complexity index is 606. The lowest BCUT2D eigenvalue weighted by Crippen LogP contribution is -2.41. The second kappa shape index (κ2) is 7.51. The largest absolute Gasteiger partial charge is 0.494 e. The number of rotatable bonds is 7. The SMILES string of the molecule is CCc1cc(B2OC(C)(C)C(C)(C)O2)ccc1OCC(=O)CC(C)C. The number of benzene rings is 1. The highest BCUT2D eigenvalue weighted by Crippen LogP contribution is 2.36. The van der Waals surface area contributed by atoms with Crippen molar-refractivity contribution in [2.75, 3.05) is 6.61 Å². The van der Waals surface area contributed by atoms with Crippen molar-refractivity contribution < 1.29 is 18.8 Å². The summed E-state index contributed by atoms with van der Waals surface area (Å²) in [5, 5.41) is 0. The molecule has 0 aromatic heterocycles. The van der Waals surface area contributed by atoms with Crippen LogP contribution in [0.1, 0.15) is 60.5 Å². The maximum absolute atomic E-state index is 11.9. The molecule has 138 valence electrons. The molecule has 0 amide bonds. The molecule has 1 heterocycles. The molecule has 0 N–H and O–H groups in total. The number of ether oxygens (including phenoxy) is 1. The number of aryl methyl sites for hydroxylation is 1. The molecule has 25 heavy (non-hydrogen) atoms. The van der Waals surface area contributed by atoms with Crippen LogP contribution in [0.3, 0.4) is 0 Å². The van der Waals surface area contributed by atoms with Gasteiger partial charge in [-0.05, 0) is 57.1 Å². The summed E-state index contributed by atoms with van der Waals surface area (Å²) >= 11 is 0. The maximum atomic E-state index is 11.9. The first-order chi connectivity index (χ1) is 11.6. The minimum atomic E-state index is -0.382. The first-order valence-electron chi connectivity index (χ1n) is 9.18. The lowest BCUT2D eigenvalue weighted by Gasteiger charge is -2.32. The summed E-state index contributed by atoms with van der Waals surface area (Å²) in [7, 11) is -0.382. The Morgan fingerprint density at radius 1 is 1.16 bits per heavy atom. The molecule has 1 aliphatic heterocycles. The molecular weight excluding hydrogens is 315 g/mol. The van der Waals surface area contributed by atoms with Crippen LogP contribution in [0.5, 0.6) is 5.75 Å². The van der Waals surface area contributed by atoms with Gasteiger partial charge in [-0.25, -0.2) is 0 Å². The van der Waals surface area contributed by atoms with Crippen LogP contribution in [0.4, 0.5) is 0 Å². The van der Waals surface area contributed by atoms with Crippen LogP contribution in [0.15, 0.2) is 18.2 Å². The van der Waals surface area contributed by atoms with Crippen molar-refractivity contribution in [1.29, 1.82) is 0 Å². The van der Waals surface area contributed by atoms with Gasteiger partial charge < -0.3 is 14.0 Å². The molecule has 0 spiro atoms. The summed E-state index contributed by atoms with van der Waals surface area (Å²) in [5.41, 5.74) is 1.33. The maximum Gasteiger partial charge on any atom is 0.494 e. The van der Waals surface area contributed by atoms with Crippen LogP contribution in [-0.2, 0) is 20.5 Å². The fourth-order valence-corrected chi connectivity index (χ4v) is 2.81. The molecule has 1 aliphatic rings. The van der Waals surface area contributed by atoms with Crippen molar-refractivity contribution in [2.45, 2.75) is 72.5 Å². The Labute approximate surface area is 152 Å². The Morgan fingerprint density at radius 2 is 1.76 bits per heavy atom. The van der Waals surface area contributed by atoms with E-state index in [0.29, 0.717) is 12.3 Å². The predicted octanol–water partition coefficient (Wildman–Crippen LogP) is 3.54. The molecule has 2 rings (SSSR count). The summed E-state index contributed by atoms with van der Waals surface area (Å²) in [6.45, 7) is 14.5. The van der Waals surface area contributed by atoms with Crippen LogP contribution in [0.2, 0.25) is 0 Å². The van der Waals surface area contributed by atoms with Gasteiger partial charge in [0.05, 0.1) is 11.2 Å². The van der Waals surface area contributed by atoms with Crippen molar-refractivity contribution in [3.8, 4) is 5.75 Å². The smallest absolute Gasteiger partial charge is 0.486 e. The van der Waals surface area contributed by atoms with Crippen LogP contribution >= 0.6 is 0 Å². The molecule has 0 saturated carbocycles. The fraction of sp³-hybridized carbons (Fsp3) is 0.650. The van der Waals surface area contributed by atoms with Crippen LogP contribution in [0, 0.1) is 5.92 Å². The highest BCUT2D eigenvalue weighted by Gasteiger charge is 2.51. The van der Waals surface area contributed by atoms with Gasteiger partial charge in [0.15, 0.2) is 5.78 Å². The highest BCUT2D eigenvalue weighted by atomic mass is 16.7. The van der Waals surface area contributed by atoms with E-state index in [9.17, 15) is 4.79 Å². The van der Waals surface area contributed by atoms with Gasteiger partial charge >= 0.3 is 7.12 Å². The van der Waals surface area contributed by atoms with Gasteiger partial charge in [0.2, 0.25) is 0 Å². The van der Waals surface area contributed by atoms with Crippen LogP contribution < -0.4 is 10.2 Å². The van der Waals surface area contributed by atoms with Crippen molar-refractivity contribution in [1.82, 2.24) is 0 Å². The topological polar surface area (TPSA) is 44.8 Å². The standard InChI is InChI=1S/C20H31BO4/c1-8-15-12-16(21-24-19(4,5)20(6,7)25-21)9-10-18(15)23-13-17(22)11-14(2)3/h9-10,12,14H,8,11,13H2,1-7H3. The summed E-state index contributed by atoms with van der Waals surface area (Å²) in [5.74, 6) is 1.25. The molecule has 0 unspecified atom stereocenters. The molecule has 4 nitrogen and oxygen atoms in total. The highest BCUT2D eigenvalue weighted by molar-refractivity contribution is 6.62. The first-order valence-corrected chi connectivity index (χ1v) is 9.18. The second-order valence-corrected chi connectivity index (χ2v) is 8.23. The molecule has 5 heteroatoms. The second-order valence-electron chi connectivity index (χ2n) is 8.23. The van der Waals surface area contributed by atoms with Crippen molar-refractivity contribution >= 4 is 18.4 Å². The first kappa shape index (κ1) is 20.0. The summed E-state index contributed by atoms with van der Waals surface area (Å²) in [6.07, 6.45) is 1.37. The average Bonchev–Trinajstić information content (AvgIpc) is 2.72. The molecular formula is C20H31BO4. The number of carbonyl (C=O) groups excluding carboxylic acids is 1. The third-order valence-corrected chi connectivity index (χ3v) is 5.02. The molecule has 1 fully saturated rings. The Morgan fingerprint density at radius 3 is 2.28 bits per heavy atom. The van der Waals surface area contributed by atoms with Crippen molar-refractivity contribution in [3.63, 3.8) is 0 Å². The van der Waals surface area contributed by atoms with Gasteiger partial charge in [-0.3, -0.25) is 4.79 Å². The zero-order chi connectivity index (χ0) is 18.8. The number of hydrogen-bond acceptors (Lipinski definition) is 4. The normalized spacial score (nSPS) is 18.6. The summed E-state index contributed by atoms with van der Waals surface area (Å²) < 4.78 is 18.0. The van der Waals surface area contributed by atoms with Gasteiger partial charge in [0.25, 0.3) is 0 Å². The molecule has 1 aromatic rings. The van der Waals surface area contributed by atoms with E-state index in [4.69, 9.17) is 14.0 Å². The van der Waals surface area contributed by atoms with E-state index in [1.54, 1.807) is 0 Å². The van der Waals surface area contributed by atoms with E-state index in [2.05, 4.69) is 13.0 Å². The molecule has 0 radical (unpaired) electrons. The number of ketones is 1. The minimum Gasteiger partial charge on any atom is -0.486 e. The van der Waals surface area contributed by atoms with E-state index in [1.807, 2.05) is 53.7 Å². The van der Waals surface area contributed by atoms with E-state index in [1.165, 1.54) is 0 Å². The van der Waals surface area contributed by atoms with E-state index in [-0.39, 0.29) is 30.7 Å². The molecule has 1 aromatic carbocycles. The van der Waals surface area contributed by atoms with Crippen molar-refractivity contribution in [3.05, 3.63) is 23.8 Å².